The van der Waals surface area contributed by atoms with Gasteiger partial charge >= 0.3 is 6.09 Å². The zero-order valence-electron chi connectivity index (χ0n) is 5.33. The highest BCUT2D eigenvalue weighted by Crippen LogP contribution is 2.33. The summed E-state index contributed by atoms with van der Waals surface area (Å²) in [5.74, 6) is 0. The molecule has 2 aliphatic rings. The Morgan fingerprint density at radius 2 is 2.44 bits per heavy atom. The minimum Gasteiger partial charge on any atom is -0.444 e. The molecule has 0 aromatic rings. The number of amides is 1. The molecular formula is C6H9NO2. The number of likely N-dealkylation sites (N-methyl/N-ethyl adjacent to an activating group) is 1. The van der Waals surface area contributed by atoms with Gasteiger partial charge in [-0.25, -0.2) is 4.79 Å². The van der Waals surface area contributed by atoms with Crippen LogP contribution in [-0.2, 0) is 4.74 Å². The second kappa shape index (κ2) is 1.40. The molecule has 9 heavy (non-hydrogen) atoms. The van der Waals surface area contributed by atoms with Crippen molar-refractivity contribution >= 4 is 6.09 Å². The number of carbonyl (C=O) groups excluding carboxylic acids is 1. The fourth-order valence-electron chi connectivity index (χ4n) is 1.38. The lowest BCUT2D eigenvalue weighted by atomic mass is 9.89. The summed E-state index contributed by atoms with van der Waals surface area (Å²) in [6.07, 6.45) is 2.25. The maximum Gasteiger partial charge on any atom is 0.410 e. The Labute approximate surface area is 53.6 Å². The number of carbonyl (C=O) groups is 1. The van der Waals surface area contributed by atoms with E-state index in [4.69, 9.17) is 4.74 Å². The lowest BCUT2D eigenvalue weighted by molar-refractivity contribution is 0.0859. The van der Waals surface area contributed by atoms with Gasteiger partial charge in [0.05, 0.1) is 6.04 Å². The molecule has 1 saturated carbocycles. The number of hydrogen-bond acceptors (Lipinski definition) is 2. The molecule has 2 rings (SSSR count). The van der Waals surface area contributed by atoms with Gasteiger partial charge in [-0.05, 0) is 12.8 Å². The van der Waals surface area contributed by atoms with Crippen molar-refractivity contribution in [2.45, 2.75) is 25.0 Å². The van der Waals surface area contributed by atoms with Crippen molar-refractivity contribution in [3.8, 4) is 0 Å². The molecule has 3 nitrogen and oxygen atoms in total. The van der Waals surface area contributed by atoms with E-state index < -0.39 is 0 Å². The van der Waals surface area contributed by atoms with Gasteiger partial charge in [0.15, 0.2) is 0 Å². The summed E-state index contributed by atoms with van der Waals surface area (Å²) in [4.78, 5) is 12.4. The molecule has 1 aliphatic carbocycles. The van der Waals surface area contributed by atoms with E-state index in [0.717, 1.165) is 12.8 Å². The predicted octanol–water partition coefficient (Wildman–Crippen LogP) is 0.599. The molecule has 2 atom stereocenters. The molecule has 0 aromatic heterocycles. The third-order valence-corrected chi connectivity index (χ3v) is 2.21. The smallest absolute Gasteiger partial charge is 0.410 e. The van der Waals surface area contributed by atoms with Gasteiger partial charge in [0.2, 0.25) is 0 Å². The van der Waals surface area contributed by atoms with Gasteiger partial charge in [0.1, 0.15) is 6.10 Å². The average Bonchev–Trinajstić information content (AvgIpc) is 1.92. The van der Waals surface area contributed by atoms with Crippen LogP contribution < -0.4 is 0 Å². The Morgan fingerprint density at radius 3 is 2.67 bits per heavy atom. The van der Waals surface area contributed by atoms with Gasteiger partial charge in [-0.1, -0.05) is 0 Å². The van der Waals surface area contributed by atoms with Crippen LogP contribution in [0.4, 0.5) is 4.79 Å². The first-order valence-corrected chi connectivity index (χ1v) is 3.22. The summed E-state index contributed by atoms with van der Waals surface area (Å²) in [5.41, 5.74) is 0. The van der Waals surface area contributed by atoms with Gasteiger partial charge in [0.25, 0.3) is 0 Å². The van der Waals surface area contributed by atoms with Gasteiger partial charge in [-0.15, -0.1) is 0 Å². The number of hydrogen-bond donors (Lipinski definition) is 0. The molecular weight excluding hydrogens is 118 g/mol. The Bertz CT molecular complexity index is 157. The molecule has 0 aromatic carbocycles. The molecule has 0 N–H and O–H groups in total. The van der Waals surface area contributed by atoms with Crippen molar-refractivity contribution in [3.63, 3.8) is 0 Å². The van der Waals surface area contributed by atoms with Crippen LogP contribution in [0.2, 0.25) is 0 Å². The van der Waals surface area contributed by atoms with Crippen molar-refractivity contribution in [1.82, 2.24) is 4.90 Å². The highest BCUT2D eigenvalue weighted by molar-refractivity contribution is 5.70. The van der Waals surface area contributed by atoms with E-state index in [1.807, 2.05) is 0 Å². The van der Waals surface area contributed by atoms with Crippen molar-refractivity contribution in [2.75, 3.05) is 7.05 Å². The third-order valence-electron chi connectivity index (χ3n) is 2.21. The van der Waals surface area contributed by atoms with Gasteiger partial charge in [0, 0.05) is 7.05 Å². The topological polar surface area (TPSA) is 29.5 Å². The molecule has 2 fully saturated rings. The minimum absolute atomic E-state index is 0.150. The summed E-state index contributed by atoms with van der Waals surface area (Å²) in [7, 11) is 1.80. The molecule has 0 unspecified atom stereocenters. The zero-order valence-corrected chi connectivity index (χ0v) is 5.33. The minimum atomic E-state index is -0.150. The molecule has 3 heteroatoms. The molecule has 0 bridgehead atoms. The molecule has 1 amide bonds. The summed E-state index contributed by atoms with van der Waals surface area (Å²) in [5, 5.41) is 0. The van der Waals surface area contributed by atoms with E-state index in [9.17, 15) is 4.79 Å². The molecule has 1 saturated heterocycles. The second-order valence-electron chi connectivity index (χ2n) is 2.68. The molecule has 50 valence electrons. The Morgan fingerprint density at radius 1 is 1.67 bits per heavy atom. The zero-order chi connectivity index (χ0) is 6.43. The first kappa shape index (κ1) is 5.09. The summed E-state index contributed by atoms with van der Waals surface area (Å²) in [6.45, 7) is 0. The molecule has 1 aliphatic heterocycles. The summed E-state index contributed by atoms with van der Waals surface area (Å²) >= 11 is 0. The van der Waals surface area contributed by atoms with Gasteiger partial charge < -0.3 is 9.64 Å². The van der Waals surface area contributed by atoms with Crippen LogP contribution in [0.3, 0.4) is 0 Å². The first-order chi connectivity index (χ1) is 4.29. The lowest BCUT2D eigenvalue weighted by Crippen LogP contribution is -2.41. The maximum absolute atomic E-state index is 10.7. The monoisotopic (exact) mass is 127 g/mol. The van der Waals surface area contributed by atoms with E-state index in [1.165, 1.54) is 0 Å². The largest absolute Gasteiger partial charge is 0.444 e. The SMILES string of the molecule is CN1C(=O)O[C@H]2CC[C@H]21. The van der Waals surface area contributed by atoms with Gasteiger partial charge in [-0.2, -0.15) is 0 Å². The van der Waals surface area contributed by atoms with Crippen LogP contribution in [0, 0.1) is 0 Å². The van der Waals surface area contributed by atoms with Crippen molar-refractivity contribution in [1.29, 1.82) is 0 Å². The summed E-state index contributed by atoms with van der Waals surface area (Å²) < 4.78 is 4.96. The van der Waals surface area contributed by atoms with E-state index in [0.29, 0.717) is 6.04 Å². The number of fused-ring (bicyclic) bond motifs is 1. The van der Waals surface area contributed by atoms with Crippen molar-refractivity contribution in [3.05, 3.63) is 0 Å². The fourth-order valence-corrected chi connectivity index (χ4v) is 1.38. The first-order valence-electron chi connectivity index (χ1n) is 3.22. The second-order valence-corrected chi connectivity index (χ2v) is 2.68. The van der Waals surface area contributed by atoms with Crippen molar-refractivity contribution in [2.24, 2.45) is 0 Å². The summed E-state index contributed by atoms with van der Waals surface area (Å²) in [6, 6.07) is 0.400. The Balaban J connectivity index is 2.16. The van der Waals surface area contributed by atoms with Crippen LogP contribution in [0.1, 0.15) is 12.8 Å². The van der Waals surface area contributed by atoms with E-state index >= 15 is 0 Å². The van der Waals surface area contributed by atoms with Crippen molar-refractivity contribution < 1.29 is 9.53 Å². The maximum atomic E-state index is 10.7. The molecule has 0 spiro atoms. The Kier molecular flexibility index (Phi) is 0.793. The normalized spacial score (nSPS) is 39.7. The lowest BCUT2D eigenvalue weighted by Gasteiger charge is -2.29. The van der Waals surface area contributed by atoms with Crippen LogP contribution in [0.5, 0.6) is 0 Å². The molecule has 1 heterocycles. The van der Waals surface area contributed by atoms with Crippen LogP contribution in [-0.4, -0.2) is 30.2 Å². The van der Waals surface area contributed by atoms with E-state index in [2.05, 4.69) is 0 Å². The number of rotatable bonds is 0. The average molecular weight is 127 g/mol. The Hall–Kier alpha value is -0.730. The van der Waals surface area contributed by atoms with Crippen LogP contribution in [0.15, 0.2) is 0 Å². The van der Waals surface area contributed by atoms with E-state index in [1.54, 1.807) is 11.9 Å². The van der Waals surface area contributed by atoms with Crippen LogP contribution in [0.25, 0.3) is 0 Å². The highest BCUT2D eigenvalue weighted by Gasteiger charge is 2.45. The third kappa shape index (κ3) is 0.491. The number of nitrogens with zero attached hydrogens (tertiary/aromatic N) is 1. The molecule has 0 radical (unpaired) electrons. The fraction of sp³-hybridized carbons (Fsp3) is 0.833. The quantitative estimate of drug-likeness (QED) is 0.477. The van der Waals surface area contributed by atoms with Gasteiger partial charge in [-0.3, -0.25) is 0 Å². The van der Waals surface area contributed by atoms with Crippen LogP contribution >= 0.6 is 0 Å². The van der Waals surface area contributed by atoms with E-state index in [-0.39, 0.29) is 12.2 Å². The number of ether oxygens (including phenoxy) is 1. The standard InChI is InChI=1S/C6H9NO2/c1-7-4-2-3-5(4)9-6(7)8/h4-5H,2-3H2,1H3/t4-,5+/m1/s1. The highest BCUT2D eigenvalue weighted by atomic mass is 16.6. The predicted molar refractivity (Wildman–Crippen MR) is 31.1 cm³/mol.